The molecule has 0 saturated carbocycles. The molecule has 1 amide bonds. The van der Waals surface area contributed by atoms with Crippen LogP contribution in [-0.4, -0.2) is 54.1 Å². The Morgan fingerprint density at radius 1 is 1.13 bits per heavy atom. The van der Waals surface area contributed by atoms with Gasteiger partial charge in [0.05, 0.1) is 19.9 Å². The van der Waals surface area contributed by atoms with E-state index in [-0.39, 0.29) is 5.91 Å². The van der Waals surface area contributed by atoms with E-state index < -0.39 is 0 Å². The van der Waals surface area contributed by atoms with E-state index >= 15 is 0 Å². The highest BCUT2D eigenvalue weighted by molar-refractivity contribution is 7.99. The number of carbonyl (C=O) groups is 1. The summed E-state index contributed by atoms with van der Waals surface area (Å²) in [5.74, 6) is 2.28. The number of aromatic amines is 1. The zero-order valence-electron chi connectivity index (χ0n) is 18.1. The van der Waals surface area contributed by atoms with Gasteiger partial charge in [-0.1, -0.05) is 24.3 Å². The summed E-state index contributed by atoms with van der Waals surface area (Å²) in [7, 11) is 3.23. The maximum absolute atomic E-state index is 13.2. The molecule has 1 aromatic heterocycles. The van der Waals surface area contributed by atoms with Gasteiger partial charge in [-0.15, -0.1) is 0 Å². The van der Waals surface area contributed by atoms with Gasteiger partial charge in [0.25, 0.3) is 5.91 Å². The molecule has 2 heterocycles. The molecule has 1 saturated heterocycles. The van der Waals surface area contributed by atoms with Crippen molar-refractivity contribution in [1.29, 1.82) is 0 Å². The zero-order chi connectivity index (χ0) is 21.8. The van der Waals surface area contributed by atoms with Crippen molar-refractivity contribution in [2.75, 3.05) is 33.1 Å². The summed E-state index contributed by atoms with van der Waals surface area (Å²) in [5, 5.41) is 7.70. The second kappa shape index (κ2) is 9.47. The number of hydrogen-bond donors (Lipinski definition) is 1. The van der Waals surface area contributed by atoms with Gasteiger partial charge < -0.3 is 14.4 Å². The van der Waals surface area contributed by atoms with E-state index in [2.05, 4.69) is 41.4 Å². The third-order valence-corrected chi connectivity index (χ3v) is 6.97. The third kappa shape index (κ3) is 4.56. The van der Waals surface area contributed by atoms with Crippen LogP contribution >= 0.6 is 11.8 Å². The maximum atomic E-state index is 13.2. The van der Waals surface area contributed by atoms with E-state index in [9.17, 15) is 4.79 Å². The molecule has 1 aliphatic heterocycles. The van der Waals surface area contributed by atoms with Crippen molar-refractivity contribution in [1.82, 2.24) is 15.1 Å². The minimum Gasteiger partial charge on any atom is -0.497 e. The number of hydrogen-bond acceptors (Lipinski definition) is 5. The smallest absolute Gasteiger partial charge is 0.271 e. The monoisotopic (exact) mass is 437 g/mol. The number of carbonyl (C=O) groups excluding carboxylic acids is 1. The molecule has 0 aliphatic carbocycles. The lowest BCUT2D eigenvalue weighted by molar-refractivity contribution is 0.0760. The fourth-order valence-electron chi connectivity index (χ4n) is 3.92. The first-order valence-corrected chi connectivity index (χ1v) is 11.4. The molecular weight excluding hydrogens is 410 g/mol. The normalized spacial score (nSPS) is 16.6. The highest BCUT2D eigenvalue weighted by Gasteiger charge is 2.25. The minimum atomic E-state index is -0.0216. The Kier molecular flexibility index (Phi) is 6.51. The summed E-state index contributed by atoms with van der Waals surface area (Å²) in [5.41, 5.74) is 4.60. The van der Waals surface area contributed by atoms with Crippen molar-refractivity contribution in [3.63, 3.8) is 0 Å². The van der Waals surface area contributed by atoms with Gasteiger partial charge in [-0.25, -0.2) is 0 Å². The van der Waals surface area contributed by atoms with Crippen LogP contribution in [0, 0.1) is 6.92 Å². The molecule has 162 valence electrons. The molecule has 4 rings (SSSR count). The second-order valence-corrected chi connectivity index (χ2v) is 8.84. The molecule has 1 N–H and O–H groups in total. The Hall–Kier alpha value is -2.93. The van der Waals surface area contributed by atoms with Crippen molar-refractivity contribution in [2.24, 2.45) is 0 Å². The van der Waals surface area contributed by atoms with Crippen LogP contribution in [0.3, 0.4) is 0 Å². The molecule has 6 nitrogen and oxygen atoms in total. The Morgan fingerprint density at radius 2 is 1.97 bits per heavy atom. The van der Waals surface area contributed by atoms with Gasteiger partial charge in [0, 0.05) is 29.7 Å². The SMILES string of the molecule is COc1ccc(OC)c(-c2cc(C(=O)N3CCSC(c4ccccc4C)CC3)[nH]n2)c1. The van der Waals surface area contributed by atoms with Gasteiger partial charge in [-0.3, -0.25) is 9.89 Å². The number of nitrogens with one attached hydrogen (secondary N) is 1. The van der Waals surface area contributed by atoms with Gasteiger partial charge in [0.2, 0.25) is 0 Å². The number of methoxy groups -OCH3 is 2. The summed E-state index contributed by atoms with van der Waals surface area (Å²) in [6, 6.07) is 15.8. The Balaban J connectivity index is 1.50. The molecule has 3 aromatic rings. The quantitative estimate of drug-likeness (QED) is 0.625. The number of H-pyrrole nitrogens is 1. The number of nitrogens with zero attached hydrogens (tertiary/aromatic N) is 2. The average Bonchev–Trinajstić information content (AvgIpc) is 3.17. The van der Waals surface area contributed by atoms with Gasteiger partial charge in [-0.2, -0.15) is 16.9 Å². The van der Waals surface area contributed by atoms with Crippen molar-refractivity contribution < 1.29 is 14.3 Å². The van der Waals surface area contributed by atoms with E-state index in [0.29, 0.717) is 28.1 Å². The lowest BCUT2D eigenvalue weighted by Gasteiger charge is -2.20. The standard InChI is InChI=1S/C24H27N3O3S/c1-16-6-4-5-7-18(16)23-10-11-27(12-13-31-23)24(28)21-15-20(25-26-21)19-14-17(29-2)8-9-22(19)30-3/h4-9,14-15,23H,10-13H2,1-3H3,(H,25,26). The number of aryl methyl sites for hydroxylation is 1. The van der Waals surface area contributed by atoms with E-state index in [1.807, 2.05) is 34.9 Å². The topological polar surface area (TPSA) is 67.5 Å². The summed E-state index contributed by atoms with van der Waals surface area (Å²) in [6.07, 6.45) is 0.936. The Labute approximate surface area is 186 Å². The number of ether oxygens (including phenoxy) is 2. The maximum Gasteiger partial charge on any atom is 0.271 e. The van der Waals surface area contributed by atoms with Crippen LogP contribution in [0.2, 0.25) is 0 Å². The average molecular weight is 438 g/mol. The molecule has 1 aliphatic rings. The van der Waals surface area contributed by atoms with Crippen LogP contribution in [0.5, 0.6) is 11.5 Å². The van der Waals surface area contributed by atoms with Crippen LogP contribution in [0.15, 0.2) is 48.5 Å². The van der Waals surface area contributed by atoms with E-state index in [1.54, 1.807) is 20.3 Å². The first kappa shape index (κ1) is 21.3. The highest BCUT2D eigenvalue weighted by Crippen LogP contribution is 2.36. The zero-order valence-corrected chi connectivity index (χ0v) is 18.9. The van der Waals surface area contributed by atoms with Gasteiger partial charge in [-0.05, 0) is 48.7 Å². The molecule has 1 fully saturated rings. The van der Waals surface area contributed by atoms with E-state index in [1.165, 1.54) is 11.1 Å². The summed E-state index contributed by atoms with van der Waals surface area (Å²) in [6.45, 7) is 3.60. The molecule has 0 radical (unpaired) electrons. The van der Waals surface area contributed by atoms with Crippen LogP contribution < -0.4 is 9.47 Å². The summed E-state index contributed by atoms with van der Waals surface area (Å²) >= 11 is 1.93. The molecule has 2 aromatic carbocycles. The molecule has 31 heavy (non-hydrogen) atoms. The van der Waals surface area contributed by atoms with Crippen LogP contribution in [0.4, 0.5) is 0 Å². The number of aromatic nitrogens is 2. The Bertz CT molecular complexity index is 1070. The first-order chi connectivity index (χ1) is 15.1. The molecular formula is C24H27N3O3S. The van der Waals surface area contributed by atoms with Gasteiger partial charge >= 0.3 is 0 Å². The molecule has 1 unspecified atom stereocenters. The fraction of sp³-hybridized carbons (Fsp3) is 0.333. The summed E-state index contributed by atoms with van der Waals surface area (Å²) < 4.78 is 10.8. The number of benzene rings is 2. The van der Waals surface area contributed by atoms with Crippen LogP contribution in [0.25, 0.3) is 11.3 Å². The fourth-order valence-corrected chi connectivity index (χ4v) is 5.25. The van der Waals surface area contributed by atoms with Crippen LogP contribution in [0.1, 0.15) is 33.3 Å². The van der Waals surface area contributed by atoms with Gasteiger partial charge in [0.15, 0.2) is 0 Å². The van der Waals surface area contributed by atoms with Crippen molar-refractivity contribution in [3.05, 3.63) is 65.4 Å². The molecule has 0 bridgehead atoms. The van der Waals surface area contributed by atoms with Gasteiger partial charge in [0.1, 0.15) is 17.2 Å². The lowest BCUT2D eigenvalue weighted by Crippen LogP contribution is -2.33. The molecule has 0 spiro atoms. The predicted octanol–water partition coefficient (Wildman–Crippen LogP) is 4.72. The first-order valence-electron chi connectivity index (χ1n) is 10.3. The minimum absolute atomic E-state index is 0.0216. The second-order valence-electron chi connectivity index (χ2n) is 7.53. The lowest BCUT2D eigenvalue weighted by atomic mass is 10.0. The largest absolute Gasteiger partial charge is 0.497 e. The molecule has 1 atom stereocenters. The van der Waals surface area contributed by atoms with E-state index in [4.69, 9.17) is 9.47 Å². The predicted molar refractivity (Wildman–Crippen MR) is 124 cm³/mol. The van der Waals surface area contributed by atoms with Crippen molar-refractivity contribution >= 4 is 17.7 Å². The number of rotatable bonds is 5. The Morgan fingerprint density at radius 3 is 2.74 bits per heavy atom. The van der Waals surface area contributed by atoms with Crippen molar-refractivity contribution in [3.8, 4) is 22.8 Å². The highest BCUT2D eigenvalue weighted by atomic mass is 32.2. The summed E-state index contributed by atoms with van der Waals surface area (Å²) in [4.78, 5) is 15.1. The van der Waals surface area contributed by atoms with Crippen LogP contribution in [-0.2, 0) is 0 Å². The third-order valence-electron chi connectivity index (χ3n) is 5.65. The number of thioether (sulfide) groups is 1. The number of amides is 1. The van der Waals surface area contributed by atoms with Crippen molar-refractivity contribution in [2.45, 2.75) is 18.6 Å². The molecule has 7 heteroatoms. The van der Waals surface area contributed by atoms with E-state index in [0.717, 1.165) is 30.8 Å².